The predicted octanol–water partition coefficient (Wildman–Crippen LogP) is 5.64. The molecule has 192 valence electrons. The molecule has 9 nitrogen and oxygen atoms in total. The van der Waals surface area contributed by atoms with Gasteiger partial charge in [0.1, 0.15) is 17.3 Å². The van der Waals surface area contributed by atoms with Crippen LogP contribution in [0.4, 0.5) is 4.79 Å². The van der Waals surface area contributed by atoms with E-state index in [0.29, 0.717) is 36.4 Å². The number of amides is 2. The largest absolute Gasteiger partial charge is 0.444 e. The van der Waals surface area contributed by atoms with Crippen LogP contribution in [0.25, 0.3) is 11.4 Å². The molecule has 1 aliphatic heterocycles. The summed E-state index contributed by atoms with van der Waals surface area (Å²) in [6, 6.07) is 7.12. The number of benzene rings is 1. The van der Waals surface area contributed by atoms with Gasteiger partial charge in [0.25, 0.3) is 5.91 Å². The molecule has 1 unspecified atom stereocenters. The zero-order valence-corrected chi connectivity index (χ0v) is 23.2. The number of halogens is 1. The number of likely N-dealkylation sites (tertiary alicyclic amines) is 1. The highest BCUT2D eigenvalue weighted by molar-refractivity contribution is 9.10. The highest BCUT2D eigenvalue weighted by Crippen LogP contribution is 2.25. The molecule has 0 aliphatic carbocycles. The van der Waals surface area contributed by atoms with Crippen molar-refractivity contribution in [3.05, 3.63) is 50.7 Å². The van der Waals surface area contributed by atoms with Crippen molar-refractivity contribution >= 4 is 39.3 Å². The van der Waals surface area contributed by atoms with Crippen LogP contribution in [0.1, 0.15) is 68.0 Å². The molecule has 1 saturated heterocycles. The Morgan fingerprint density at radius 1 is 1.22 bits per heavy atom. The van der Waals surface area contributed by atoms with E-state index in [1.165, 1.54) is 11.3 Å². The molecule has 0 spiro atoms. The number of ether oxygens (including phenoxy) is 1. The molecule has 4 rings (SSSR count). The number of hydrogen-bond donors (Lipinski definition) is 1. The average molecular weight is 577 g/mol. The van der Waals surface area contributed by atoms with E-state index in [0.717, 1.165) is 34.3 Å². The van der Waals surface area contributed by atoms with Gasteiger partial charge in [0.2, 0.25) is 11.7 Å². The molecule has 36 heavy (non-hydrogen) atoms. The molecule has 1 aromatic carbocycles. The summed E-state index contributed by atoms with van der Waals surface area (Å²) in [5, 5.41) is 9.59. The van der Waals surface area contributed by atoms with E-state index in [2.05, 4.69) is 36.4 Å². The minimum absolute atomic E-state index is 0.256. The fourth-order valence-electron chi connectivity index (χ4n) is 3.86. The van der Waals surface area contributed by atoms with E-state index < -0.39 is 11.6 Å². The van der Waals surface area contributed by atoms with E-state index in [-0.39, 0.29) is 12.0 Å². The van der Waals surface area contributed by atoms with Crippen LogP contribution in [0.5, 0.6) is 0 Å². The highest BCUT2D eigenvalue weighted by atomic mass is 79.9. The molecular weight excluding hydrogens is 546 g/mol. The van der Waals surface area contributed by atoms with Crippen LogP contribution < -0.4 is 5.32 Å². The second-order valence-electron chi connectivity index (χ2n) is 9.90. The van der Waals surface area contributed by atoms with E-state index in [1.54, 1.807) is 17.2 Å². The molecule has 3 aromatic rings. The van der Waals surface area contributed by atoms with Gasteiger partial charge >= 0.3 is 6.09 Å². The quantitative estimate of drug-likeness (QED) is 0.405. The van der Waals surface area contributed by atoms with Crippen molar-refractivity contribution in [3.63, 3.8) is 0 Å². The molecule has 1 fully saturated rings. The summed E-state index contributed by atoms with van der Waals surface area (Å²) >= 11 is 4.89. The SMILES string of the molecule is CC(NC(=O)c1csc(CC2CCN(C(=O)OC(C)(C)C)CC2)n1)c1nc(-c2ccc(Br)cc2)no1. The Morgan fingerprint density at radius 3 is 2.58 bits per heavy atom. The first-order chi connectivity index (χ1) is 17.1. The summed E-state index contributed by atoms with van der Waals surface area (Å²) in [5.74, 6) is 0.925. The maximum atomic E-state index is 12.8. The number of aromatic nitrogens is 3. The Morgan fingerprint density at radius 2 is 1.92 bits per heavy atom. The number of nitrogens with zero attached hydrogens (tertiary/aromatic N) is 4. The highest BCUT2D eigenvalue weighted by Gasteiger charge is 2.28. The summed E-state index contributed by atoms with van der Waals surface area (Å²) in [4.78, 5) is 35.8. The zero-order chi connectivity index (χ0) is 25.9. The second kappa shape index (κ2) is 11.1. The second-order valence-corrected chi connectivity index (χ2v) is 11.8. The molecule has 1 N–H and O–H groups in total. The molecule has 0 saturated carbocycles. The lowest BCUT2D eigenvalue weighted by atomic mass is 9.94. The minimum Gasteiger partial charge on any atom is -0.444 e. The molecule has 2 amide bonds. The van der Waals surface area contributed by atoms with Crippen LogP contribution in [0.3, 0.4) is 0 Å². The number of carbonyl (C=O) groups excluding carboxylic acids is 2. The Bertz CT molecular complexity index is 1200. The molecule has 11 heteroatoms. The average Bonchev–Trinajstić information content (AvgIpc) is 3.49. The van der Waals surface area contributed by atoms with Crippen molar-refractivity contribution in [2.24, 2.45) is 5.92 Å². The van der Waals surface area contributed by atoms with Crippen LogP contribution in [0, 0.1) is 5.92 Å². The molecule has 0 radical (unpaired) electrons. The van der Waals surface area contributed by atoms with Gasteiger partial charge in [-0.05, 0) is 70.7 Å². The Labute approximate surface area is 222 Å². The van der Waals surface area contributed by atoms with Gasteiger partial charge in [-0.1, -0.05) is 21.1 Å². The lowest BCUT2D eigenvalue weighted by Gasteiger charge is -2.33. The van der Waals surface area contributed by atoms with Crippen molar-refractivity contribution in [2.75, 3.05) is 13.1 Å². The molecule has 3 heterocycles. The van der Waals surface area contributed by atoms with Crippen molar-refractivity contribution in [3.8, 4) is 11.4 Å². The van der Waals surface area contributed by atoms with E-state index in [4.69, 9.17) is 9.26 Å². The number of nitrogens with one attached hydrogen (secondary N) is 1. The van der Waals surface area contributed by atoms with Gasteiger partial charge in [0.05, 0.1) is 5.01 Å². The van der Waals surface area contributed by atoms with Crippen LogP contribution in [-0.2, 0) is 11.2 Å². The number of hydrogen-bond acceptors (Lipinski definition) is 8. The van der Waals surface area contributed by atoms with Gasteiger partial charge in [-0.25, -0.2) is 9.78 Å². The maximum absolute atomic E-state index is 12.8. The van der Waals surface area contributed by atoms with Crippen molar-refractivity contribution in [1.29, 1.82) is 0 Å². The van der Waals surface area contributed by atoms with Gasteiger partial charge in [-0.2, -0.15) is 4.98 Å². The first-order valence-corrected chi connectivity index (χ1v) is 13.6. The third-order valence-electron chi connectivity index (χ3n) is 5.78. The van der Waals surface area contributed by atoms with E-state index >= 15 is 0 Å². The number of thiazole rings is 1. The van der Waals surface area contributed by atoms with Crippen LogP contribution in [0.15, 0.2) is 38.6 Å². The first-order valence-electron chi connectivity index (χ1n) is 11.9. The van der Waals surface area contributed by atoms with Gasteiger partial charge in [-0.15, -0.1) is 11.3 Å². The Kier molecular flexibility index (Phi) is 8.09. The number of carbonyl (C=O) groups is 2. The zero-order valence-electron chi connectivity index (χ0n) is 20.8. The van der Waals surface area contributed by atoms with Crippen molar-refractivity contribution < 1.29 is 18.8 Å². The monoisotopic (exact) mass is 575 g/mol. The lowest BCUT2D eigenvalue weighted by molar-refractivity contribution is 0.0184. The first kappa shape index (κ1) is 26.3. The number of piperidine rings is 1. The molecular formula is C25H30BrN5O4S. The molecule has 1 aliphatic rings. The minimum atomic E-state index is -0.491. The van der Waals surface area contributed by atoms with E-state index in [9.17, 15) is 9.59 Å². The predicted molar refractivity (Wildman–Crippen MR) is 140 cm³/mol. The maximum Gasteiger partial charge on any atom is 0.410 e. The standard InChI is InChI=1S/C25H30BrN5O4S/c1-15(23-29-21(30-35-23)17-5-7-18(26)8-6-17)27-22(32)19-14-36-20(28-19)13-16-9-11-31(12-10-16)24(33)34-25(2,3)4/h5-8,14-16H,9-13H2,1-4H3,(H,27,32). The number of rotatable bonds is 6. The summed E-state index contributed by atoms with van der Waals surface area (Å²) in [6.07, 6.45) is 2.30. The van der Waals surface area contributed by atoms with Crippen LogP contribution in [-0.4, -0.2) is 50.7 Å². The summed E-state index contributed by atoms with van der Waals surface area (Å²) in [7, 11) is 0. The van der Waals surface area contributed by atoms with Gasteiger partial charge in [0, 0.05) is 34.9 Å². The smallest absolute Gasteiger partial charge is 0.410 e. The van der Waals surface area contributed by atoms with E-state index in [1.807, 2.05) is 45.0 Å². The van der Waals surface area contributed by atoms with Crippen LogP contribution >= 0.6 is 27.3 Å². The normalized spacial score (nSPS) is 15.5. The molecule has 0 bridgehead atoms. The third-order valence-corrected chi connectivity index (χ3v) is 7.18. The Balaban J connectivity index is 1.27. The molecule has 1 atom stereocenters. The lowest BCUT2D eigenvalue weighted by Crippen LogP contribution is -2.42. The summed E-state index contributed by atoms with van der Waals surface area (Å²) < 4.78 is 11.8. The Hall–Kier alpha value is -2.79. The van der Waals surface area contributed by atoms with Gasteiger partial charge in [0.15, 0.2) is 0 Å². The topological polar surface area (TPSA) is 110 Å². The third kappa shape index (κ3) is 6.91. The summed E-state index contributed by atoms with van der Waals surface area (Å²) in [6.45, 7) is 8.75. The van der Waals surface area contributed by atoms with Gasteiger partial charge in [-0.3, -0.25) is 4.79 Å². The summed E-state index contributed by atoms with van der Waals surface area (Å²) in [5.41, 5.74) is 0.711. The van der Waals surface area contributed by atoms with Crippen LogP contribution in [0.2, 0.25) is 0 Å². The van der Waals surface area contributed by atoms with Crippen molar-refractivity contribution in [2.45, 2.75) is 58.6 Å². The fraction of sp³-hybridized carbons (Fsp3) is 0.480. The molecule has 2 aromatic heterocycles. The van der Waals surface area contributed by atoms with Crippen molar-refractivity contribution in [1.82, 2.24) is 25.3 Å². The van der Waals surface area contributed by atoms with Gasteiger partial charge < -0.3 is 19.5 Å². The fourth-order valence-corrected chi connectivity index (χ4v) is 5.02.